The van der Waals surface area contributed by atoms with E-state index in [9.17, 15) is 9.90 Å². The molecule has 1 rings (SSSR count). The van der Waals surface area contributed by atoms with E-state index in [1.54, 1.807) is 45.0 Å². The highest BCUT2D eigenvalue weighted by Gasteiger charge is 2.20. The minimum Gasteiger partial charge on any atom is -0.460 e. The van der Waals surface area contributed by atoms with Crippen LogP contribution in [0.4, 0.5) is 0 Å². The van der Waals surface area contributed by atoms with E-state index in [2.05, 4.69) is 0 Å². The minimum atomic E-state index is -0.859. The lowest BCUT2D eigenvalue weighted by molar-refractivity contribution is -0.157. The van der Waals surface area contributed by atoms with Crippen LogP contribution in [0.3, 0.4) is 0 Å². The summed E-state index contributed by atoms with van der Waals surface area (Å²) in [6.45, 7) is 5.37. The molecule has 3 nitrogen and oxygen atoms in total. The number of esters is 1. The van der Waals surface area contributed by atoms with E-state index in [4.69, 9.17) is 16.3 Å². The smallest absolute Gasteiger partial charge is 0.309 e. The summed E-state index contributed by atoms with van der Waals surface area (Å²) in [6.07, 6.45) is -0.916. The largest absolute Gasteiger partial charge is 0.460 e. The molecule has 1 atom stereocenters. The molecule has 0 heterocycles. The van der Waals surface area contributed by atoms with Crippen molar-refractivity contribution in [2.45, 2.75) is 38.9 Å². The molecule has 0 fully saturated rings. The monoisotopic (exact) mass is 256 g/mol. The third-order valence-electron chi connectivity index (χ3n) is 2.03. The molecule has 0 aliphatic heterocycles. The van der Waals surface area contributed by atoms with Gasteiger partial charge in [-0.2, -0.15) is 0 Å². The second-order valence-electron chi connectivity index (χ2n) is 4.86. The average molecular weight is 257 g/mol. The Balaban J connectivity index is 2.57. The SMILES string of the molecule is CC(C)(C)OC(=O)CC(O)c1ccc(Cl)cc1. The number of halogens is 1. The Bertz CT molecular complexity index is 379. The van der Waals surface area contributed by atoms with Crippen molar-refractivity contribution in [3.8, 4) is 0 Å². The first-order valence-electron chi connectivity index (χ1n) is 5.43. The molecule has 0 bridgehead atoms. The van der Waals surface area contributed by atoms with Gasteiger partial charge in [0.2, 0.25) is 0 Å². The van der Waals surface area contributed by atoms with Crippen molar-refractivity contribution in [3.05, 3.63) is 34.9 Å². The Morgan fingerprint density at radius 3 is 2.35 bits per heavy atom. The Morgan fingerprint density at radius 2 is 1.88 bits per heavy atom. The van der Waals surface area contributed by atoms with Crippen LogP contribution in [-0.4, -0.2) is 16.7 Å². The fraction of sp³-hybridized carbons (Fsp3) is 0.462. The van der Waals surface area contributed by atoms with Crippen LogP contribution in [0, 0.1) is 0 Å². The summed E-state index contributed by atoms with van der Waals surface area (Å²) in [5, 5.41) is 10.4. The van der Waals surface area contributed by atoms with Crippen molar-refractivity contribution in [3.63, 3.8) is 0 Å². The van der Waals surface area contributed by atoms with Gasteiger partial charge in [-0.3, -0.25) is 4.79 Å². The van der Waals surface area contributed by atoms with E-state index < -0.39 is 17.7 Å². The maximum Gasteiger partial charge on any atom is 0.309 e. The molecule has 1 N–H and O–H groups in total. The van der Waals surface area contributed by atoms with Gasteiger partial charge in [0.05, 0.1) is 12.5 Å². The van der Waals surface area contributed by atoms with Gasteiger partial charge < -0.3 is 9.84 Å². The first kappa shape index (κ1) is 14.0. The molecule has 0 aliphatic carbocycles. The van der Waals surface area contributed by atoms with E-state index in [0.29, 0.717) is 10.6 Å². The molecule has 0 aromatic heterocycles. The lowest BCUT2D eigenvalue weighted by Crippen LogP contribution is -2.24. The average Bonchev–Trinajstić information content (AvgIpc) is 2.15. The van der Waals surface area contributed by atoms with Gasteiger partial charge in [0.25, 0.3) is 0 Å². The van der Waals surface area contributed by atoms with Crippen molar-refractivity contribution >= 4 is 17.6 Å². The highest BCUT2D eigenvalue weighted by atomic mass is 35.5. The number of benzene rings is 1. The van der Waals surface area contributed by atoms with Gasteiger partial charge in [-0.1, -0.05) is 23.7 Å². The zero-order valence-corrected chi connectivity index (χ0v) is 11.0. The molecular formula is C13H17ClO3. The number of carbonyl (C=O) groups excluding carboxylic acids is 1. The number of aliphatic hydroxyl groups is 1. The third kappa shape index (κ3) is 5.20. The summed E-state index contributed by atoms with van der Waals surface area (Å²) in [6, 6.07) is 6.74. The topological polar surface area (TPSA) is 46.5 Å². The summed E-state index contributed by atoms with van der Waals surface area (Å²) >= 11 is 5.74. The van der Waals surface area contributed by atoms with Crippen LogP contribution in [0.1, 0.15) is 38.9 Å². The molecule has 0 saturated heterocycles. The maximum atomic E-state index is 11.5. The van der Waals surface area contributed by atoms with Gasteiger partial charge in [-0.25, -0.2) is 0 Å². The predicted octanol–water partition coefficient (Wildman–Crippen LogP) is 3.11. The number of carbonyl (C=O) groups is 1. The van der Waals surface area contributed by atoms with Crippen LogP contribution in [0.25, 0.3) is 0 Å². The van der Waals surface area contributed by atoms with Crippen LogP contribution in [-0.2, 0) is 9.53 Å². The van der Waals surface area contributed by atoms with Crippen LogP contribution in [0.5, 0.6) is 0 Å². The van der Waals surface area contributed by atoms with E-state index in [-0.39, 0.29) is 6.42 Å². The maximum absolute atomic E-state index is 11.5. The summed E-state index contributed by atoms with van der Waals surface area (Å²) in [4.78, 5) is 11.5. The predicted molar refractivity (Wildman–Crippen MR) is 66.9 cm³/mol. The molecular weight excluding hydrogens is 240 g/mol. The number of rotatable bonds is 3. The second-order valence-corrected chi connectivity index (χ2v) is 5.29. The van der Waals surface area contributed by atoms with Gasteiger partial charge in [-0.15, -0.1) is 0 Å². The highest BCUT2D eigenvalue weighted by Crippen LogP contribution is 2.20. The number of ether oxygens (including phenoxy) is 1. The Hall–Kier alpha value is -1.06. The molecule has 0 aliphatic rings. The molecule has 4 heteroatoms. The van der Waals surface area contributed by atoms with E-state index in [0.717, 1.165) is 0 Å². The lowest BCUT2D eigenvalue weighted by Gasteiger charge is -2.20. The number of aliphatic hydroxyl groups excluding tert-OH is 1. The van der Waals surface area contributed by atoms with Crippen LogP contribution in [0.15, 0.2) is 24.3 Å². The summed E-state index contributed by atoms with van der Waals surface area (Å²) in [5.74, 6) is -0.417. The van der Waals surface area contributed by atoms with Gasteiger partial charge in [0, 0.05) is 5.02 Å². The van der Waals surface area contributed by atoms with Gasteiger partial charge in [0.15, 0.2) is 0 Å². The summed E-state index contributed by atoms with van der Waals surface area (Å²) in [5.41, 5.74) is 0.122. The molecule has 1 aromatic rings. The number of hydrogen-bond donors (Lipinski definition) is 1. The quantitative estimate of drug-likeness (QED) is 0.846. The zero-order chi connectivity index (χ0) is 13.1. The van der Waals surface area contributed by atoms with Crippen LogP contribution >= 0.6 is 11.6 Å². The zero-order valence-electron chi connectivity index (χ0n) is 10.2. The summed E-state index contributed by atoms with van der Waals surface area (Å²) < 4.78 is 5.13. The van der Waals surface area contributed by atoms with E-state index in [1.807, 2.05) is 0 Å². The molecule has 0 amide bonds. The van der Waals surface area contributed by atoms with Gasteiger partial charge >= 0.3 is 5.97 Å². The molecule has 0 saturated carbocycles. The van der Waals surface area contributed by atoms with Crippen molar-refractivity contribution < 1.29 is 14.6 Å². The lowest BCUT2D eigenvalue weighted by atomic mass is 10.1. The van der Waals surface area contributed by atoms with Crippen molar-refractivity contribution in [1.29, 1.82) is 0 Å². The molecule has 0 radical (unpaired) electrons. The Labute approximate surface area is 106 Å². The fourth-order valence-corrected chi connectivity index (χ4v) is 1.47. The van der Waals surface area contributed by atoms with Crippen LogP contribution < -0.4 is 0 Å². The molecule has 17 heavy (non-hydrogen) atoms. The first-order valence-corrected chi connectivity index (χ1v) is 5.81. The minimum absolute atomic E-state index is 0.0566. The molecule has 94 valence electrons. The molecule has 1 aromatic carbocycles. The molecule has 1 unspecified atom stereocenters. The number of hydrogen-bond acceptors (Lipinski definition) is 3. The third-order valence-corrected chi connectivity index (χ3v) is 2.29. The Kier molecular flexibility index (Phi) is 4.54. The van der Waals surface area contributed by atoms with Gasteiger partial charge in [0.1, 0.15) is 5.60 Å². The van der Waals surface area contributed by atoms with E-state index in [1.165, 1.54) is 0 Å². The second kappa shape index (κ2) is 5.52. The molecule has 0 spiro atoms. The normalized spacial score (nSPS) is 13.2. The Morgan fingerprint density at radius 1 is 1.35 bits per heavy atom. The highest BCUT2D eigenvalue weighted by molar-refractivity contribution is 6.30. The fourth-order valence-electron chi connectivity index (χ4n) is 1.34. The standard InChI is InChI=1S/C13H17ClO3/c1-13(2,3)17-12(16)8-11(15)9-4-6-10(14)7-5-9/h4-7,11,15H,8H2,1-3H3. The van der Waals surface area contributed by atoms with Crippen LogP contribution in [0.2, 0.25) is 5.02 Å². The first-order chi connectivity index (χ1) is 7.78. The van der Waals surface area contributed by atoms with Crippen molar-refractivity contribution in [2.75, 3.05) is 0 Å². The summed E-state index contributed by atoms with van der Waals surface area (Å²) in [7, 11) is 0. The van der Waals surface area contributed by atoms with Gasteiger partial charge in [-0.05, 0) is 38.5 Å². The van der Waals surface area contributed by atoms with Crippen molar-refractivity contribution in [1.82, 2.24) is 0 Å². The van der Waals surface area contributed by atoms with E-state index >= 15 is 0 Å². The van der Waals surface area contributed by atoms with Crippen molar-refractivity contribution in [2.24, 2.45) is 0 Å².